The van der Waals surface area contributed by atoms with Crippen molar-refractivity contribution in [1.82, 2.24) is 9.72 Å². The number of rotatable bonds is 1. The molecule has 14 heavy (non-hydrogen) atoms. The lowest BCUT2D eigenvalue weighted by Crippen LogP contribution is -2.07. The van der Waals surface area contributed by atoms with Crippen LogP contribution in [0.15, 0.2) is 42.7 Å². The monoisotopic (exact) mass is 184 g/mol. The van der Waals surface area contributed by atoms with Crippen LogP contribution in [0, 0.1) is 0 Å². The molecule has 1 N–H and O–H groups in total. The molecular weight excluding hydrogens is 172 g/mol. The fourth-order valence-electron chi connectivity index (χ4n) is 2.01. The number of fused-ring (bicyclic) bond motifs is 1. The van der Waals surface area contributed by atoms with Crippen molar-refractivity contribution in [3.63, 3.8) is 0 Å². The van der Waals surface area contributed by atoms with Gasteiger partial charge in [0.1, 0.15) is 0 Å². The van der Waals surface area contributed by atoms with Gasteiger partial charge in [0.25, 0.3) is 0 Å². The third-order valence-electron chi connectivity index (χ3n) is 2.72. The van der Waals surface area contributed by atoms with E-state index in [0.717, 1.165) is 13.1 Å². The van der Waals surface area contributed by atoms with Crippen molar-refractivity contribution in [1.29, 1.82) is 0 Å². The van der Waals surface area contributed by atoms with Crippen LogP contribution in [0.4, 0.5) is 0 Å². The zero-order chi connectivity index (χ0) is 9.38. The van der Waals surface area contributed by atoms with Crippen LogP contribution in [-0.4, -0.2) is 17.5 Å². The fourth-order valence-corrected chi connectivity index (χ4v) is 2.01. The second kappa shape index (κ2) is 3.00. The van der Waals surface area contributed by atoms with Crippen molar-refractivity contribution in [2.75, 3.05) is 13.1 Å². The minimum absolute atomic E-state index is 0.995. The quantitative estimate of drug-likeness (QED) is 0.716. The smallest absolute Gasteiger partial charge is 0.0525 e. The van der Waals surface area contributed by atoms with E-state index in [1.165, 1.54) is 16.7 Å². The van der Waals surface area contributed by atoms with Gasteiger partial charge in [0.2, 0.25) is 0 Å². The Morgan fingerprint density at radius 2 is 2.14 bits per heavy atom. The first-order chi connectivity index (χ1) is 6.95. The SMILES string of the molecule is C1=C(c2ccn3ccccc23)CNC1. The van der Waals surface area contributed by atoms with Gasteiger partial charge in [-0.05, 0) is 23.8 Å². The summed E-state index contributed by atoms with van der Waals surface area (Å²) in [6.07, 6.45) is 6.47. The predicted octanol–water partition coefficient (Wildman–Crippen LogP) is 1.93. The van der Waals surface area contributed by atoms with Gasteiger partial charge in [0.15, 0.2) is 0 Å². The molecule has 3 heterocycles. The molecular formula is C12H12N2. The van der Waals surface area contributed by atoms with Gasteiger partial charge >= 0.3 is 0 Å². The van der Waals surface area contributed by atoms with E-state index in [1.54, 1.807) is 0 Å². The Kier molecular flexibility index (Phi) is 1.67. The third kappa shape index (κ3) is 1.08. The van der Waals surface area contributed by atoms with E-state index in [4.69, 9.17) is 0 Å². The molecule has 0 saturated carbocycles. The second-order valence-corrected chi connectivity index (χ2v) is 3.58. The van der Waals surface area contributed by atoms with Gasteiger partial charge in [-0.15, -0.1) is 0 Å². The van der Waals surface area contributed by atoms with Gasteiger partial charge < -0.3 is 9.72 Å². The van der Waals surface area contributed by atoms with Crippen LogP contribution in [0.1, 0.15) is 5.56 Å². The van der Waals surface area contributed by atoms with Crippen molar-refractivity contribution in [3.05, 3.63) is 48.3 Å². The maximum absolute atomic E-state index is 3.32. The van der Waals surface area contributed by atoms with E-state index >= 15 is 0 Å². The molecule has 2 aromatic rings. The summed E-state index contributed by atoms with van der Waals surface area (Å²) in [5.41, 5.74) is 4.07. The number of hydrogen-bond donors (Lipinski definition) is 1. The molecule has 1 aliphatic rings. The first-order valence-electron chi connectivity index (χ1n) is 4.91. The van der Waals surface area contributed by atoms with Crippen LogP contribution >= 0.6 is 0 Å². The van der Waals surface area contributed by atoms with Crippen LogP contribution in [-0.2, 0) is 0 Å². The lowest BCUT2D eigenvalue weighted by Gasteiger charge is -2.00. The highest BCUT2D eigenvalue weighted by molar-refractivity contribution is 5.80. The normalized spacial score (nSPS) is 16.1. The zero-order valence-electron chi connectivity index (χ0n) is 7.90. The topological polar surface area (TPSA) is 16.4 Å². The molecule has 2 heteroatoms. The third-order valence-corrected chi connectivity index (χ3v) is 2.72. The Balaban J connectivity index is 2.21. The molecule has 0 saturated heterocycles. The standard InChI is InChI=1S/C12H12N2/c1-2-7-14-8-5-11(12(14)3-1)10-4-6-13-9-10/h1-5,7-8,13H,6,9H2. The molecule has 70 valence electrons. The molecule has 0 fully saturated rings. The van der Waals surface area contributed by atoms with Gasteiger partial charge in [0.05, 0.1) is 5.52 Å². The molecule has 0 atom stereocenters. The second-order valence-electron chi connectivity index (χ2n) is 3.58. The number of aromatic nitrogens is 1. The summed E-state index contributed by atoms with van der Waals surface area (Å²) in [7, 11) is 0. The van der Waals surface area contributed by atoms with E-state index in [-0.39, 0.29) is 0 Å². The van der Waals surface area contributed by atoms with Crippen LogP contribution < -0.4 is 5.32 Å². The highest BCUT2D eigenvalue weighted by Crippen LogP contribution is 2.22. The Morgan fingerprint density at radius 1 is 1.14 bits per heavy atom. The van der Waals surface area contributed by atoms with Crippen LogP contribution in [0.5, 0.6) is 0 Å². The van der Waals surface area contributed by atoms with Crippen molar-refractivity contribution >= 4 is 11.1 Å². The summed E-state index contributed by atoms with van der Waals surface area (Å²) in [5, 5.41) is 3.32. The Bertz CT molecular complexity index is 494. The molecule has 3 rings (SSSR count). The van der Waals surface area contributed by atoms with Crippen molar-refractivity contribution in [2.24, 2.45) is 0 Å². The van der Waals surface area contributed by atoms with Crippen molar-refractivity contribution in [3.8, 4) is 0 Å². The maximum Gasteiger partial charge on any atom is 0.0525 e. The molecule has 0 amide bonds. The first kappa shape index (κ1) is 7.83. The molecule has 1 aliphatic heterocycles. The molecule has 2 nitrogen and oxygen atoms in total. The number of pyridine rings is 1. The van der Waals surface area contributed by atoms with Crippen LogP contribution in [0.25, 0.3) is 11.1 Å². The molecule has 0 aromatic carbocycles. The molecule has 0 unspecified atom stereocenters. The highest BCUT2D eigenvalue weighted by Gasteiger charge is 2.09. The van der Waals surface area contributed by atoms with Gasteiger partial charge in [-0.3, -0.25) is 0 Å². The first-order valence-corrected chi connectivity index (χ1v) is 4.91. The molecule has 0 spiro atoms. The number of hydrogen-bond acceptors (Lipinski definition) is 1. The van der Waals surface area contributed by atoms with Crippen molar-refractivity contribution < 1.29 is 0 Å². The Labute approximate surface area is 82.9 Å². The van der Waals surface area contributed by atoms with Crippen LogP contribution in [0.3, 0.4) is 0 Å². The molecule has 2 aromatic heterocycles. The molecule has 0 bridgehead atoms. The predicted molar refractivity (Wildman–Crippen MR) is 58.2 cm³/mol. The fraction of sp³-hybridized carbons (Fsp3) is 0.167. The van der Waals surface area contributed by atoms with Crippen LogP contribution in [0.2, 0.25) is 0 Å². The molecule has 0 aliphatic carbocycles. The number of nitrogens with one attached hydrogen (secondary N) is 1. The zero-order valence-corrected chi connectivity index (χ0v) is 7.90. The summed E-state index contributed by atoms with van der Waals surface area (Å²) in [4.78, 5) is 0. The summed E-state index contributed by atoms with van der Waals surface area (Å²) < 4.78 is 2.16. The summed E-state index contributed by atoms with van der Waals surface area (Å²) in [6.45, 7) is 1.99. The summed E-state index contributed by atoms with van der Waals surface area (Å²) >= 11 is 0. The highest BCUT2D eigenvalue weighted by atomic mass is 14.9. The Hall–Kier alpha value is -1.54. The average Bonchev–Trinajstić information content (AvgIpc) is 2.85. The average molecular weight is 184 g/mol. The van der Waals surface area contributed by atoms with Crippen molar-refractivity contribution in [2.45, 2.75) is 0 Å². The minimum atomic E-state index is 0.995. The number of nitrogens with zero attached hydrogens (tertiary/aromatic N) is 1. The largest absolute Gasteiger partial charge is 0.323 e. The lowest BCUT2D eigenvalue weighted by atomic mass is 10.1. The summed E-state index contributed by atoms with van der Waals surface area (Å²) in [5.74, 6) is 0. The molecule has 0 radical (unpaired) electrons. The van der Waals surface area contributed by atoms with Gasteiger partial charge in [-0.2, -0.15) is 0 Å². The van der Waals surface area contributed by atoms with E-state index in [0.29, 0.717) is 0 Å². The summed E-state index contributed by atoms with van der Waals surface area (Å²) in [6, 6.07) is 8.49. The van der Waals surface area contributed by atoms with E-state index in [9.17, 15) is 0 Å². The van der Waals surface area contributed by atoms with E-state index in [1.807, 2.05) is 0 Å². The van der Waals surface area contributed by atoms with Gasteiger partial charge in [-0.25, -0.2) is 0 Å². The van der Waals surface area contributed by atoms with E-state index in [2.05, 4.69) is 52.5 Å². The lowest BCUT2D eigenvalue weighted by molar-refractivity contribution is 0.897. The van der Waals surface area contributed by atoms with E-state index < -0.39 is 0 Å². The van der Waals surface area contributed by atoms with Gasteiger partial charge in [-0.1, -0.05) is 12.1 Å². The van der Waals surface area contributed by atoms with Gasteiger partial charge in [0, 0.05) is 31.0 Å². The maximum atomic E-state index is 3.32. The minimum Gasteiger partial charge on any atom is -0.323 e. The Morgan fingerprint density at radius 3 is 3.00 bits per heavy atom.